The molecule has 1 N–H and O–H groups in total. The molecule has 1 aromatic heterocycles. The van der Waals surface area contributed by atoms with E-state index < -0.39 is 0 Å². The molecule has 5 rings (SSSR count). The number of pyridine rings is 1. The summed E-state index contributed by atoms with van der Waals surface area (Å²) in [7, 11) is 0. The van der Waals surface area contributed by atoms with Crippen molar-refractivity contribution in [1.29, 1.82) is 0 Å². The summed E-state index contributed by atoms with van der Waals surface area (Å²) in [5.74, 6) is 0.671. The van der Waals surface area contributed by atoms with E-state index in [1.807, 2.05) is 17.0 Å². The van der Waals surface area contributed by atoms with Crippen molar-refractivity contribution in [2.45, 2.75) is 69.6 Å². The normalized spacial score (nSPS) is 28.1. The van der Waals surface area contributed by atoms with E-state index in [-0.39, 0.29) is 12.6 Å². The number of ether oxygens (including phenoxy) is 1. The van der Waals surface area contributed by atoms with Gasteiger partial charge in [0.1, 0.15) is 6.10 Å². The van der Waals surface area contributed by atoms with Crippen LogP contribution in [-0.4, -0.2) is 101 Å². The lowest BCUT2D eigenvalue weighted by molar-refractivity contribution is 0.0580. The van der Waals surface area contributed by atoms with E-state index in [1.165, 1.54) is 25.7 Å². The summed E-state index contributed by atoms with van der Waals surface area (Å²) >= 11 is 0. The van der Waals surface area contributed by atoms with E-state index in [0.29, 0.717) is 24.1 Å². The molecule has 8 nitrogen and oxygen atoms in total. The predicted molar refractivity (Wildman–Crippen MR) is 128 cm³/mol. The van der Waals surface area contributed by atoms with Crippen LogP contribution in [0.5, 0.6) is 5.88 Å². The zero-order chi connectivity index (χ0) is 22.6. The number of aliphatic hydroxyl groups is 1. The van der Waals surface area contributed by atoms with E-state index in [9.17, 15) is 4.79 Å². The third-order valence-electron chi connectivity index (χ3n) is 8.11. The number of rotatable bonds is 7. The van der Waals surface area contributed by atoms with Crippen molar-refractivity contribution in [2.75, 3.05) is 57.3 Å². The van der Waals surface area contributed by atoms with E-state index in [0.717, 1.165) is 77.2 Å². The van der Waals surface area contributed by atoms with Gasteiger partial charge in [0.2, 0.25) is 5.88 Å². The van der Waals surface area contributed by atoms with Crippen LogP contribution in [0.1, 0.15) is 51.4 Å². The monoisotopic (exact) mass is 457 g/mol. The molecular weight excluding hydrogens is 418 g/mol. The third-order valence-corrected chi connectivity index (χ3v) is 8.11. The van der Waals surface area contributed by atoms with Gasteiger partial charge in [-0.1, -0.05) is 0 Å². The summed E-state index contributed by atoms with van der Waals surface area (Å²) in [6.45, 7) is 6.88. The van der Waals surface area contributed by atoms with Gasteiger partial charge in [-0.25, -0.2) is 9.78 Å². The molecule has 0 aromatic carbocycles. The molecule has 0 bridgehead atoms. The molecule has 3 heterocycles. The van der Waals surface area contributed by atoms with Crippen molar-refractivity contribution >= 4 is 11.7 Å². The molecule has 2 saturated heterocycles. The minimum absolute atomic E-state index is 0.127. The van der Waals surface area contributed by atoms with Crippen LogP contribution in [0.25, 0.3) is 0 Å². The Kier molecular flexibility index (Phi) is 7.33. The minimum atomic E-state index is 0.127. The number of carbonyl (C=O) groups excluding carboxylic acids is 1. The molecule has 0 atom stereocenters. The first-order valence-corrected chi connectivity index (χ1v) is 13.0. The van der Waals surface area contributed by atoms with Gasteiger partial charge < -0.3 is 14.7 Å². The largest absolute Gasteiger partial charge is 0.474 e. The molecule has 33 heavy (non-hydrogen) atoms. The smallest absolute Gasteiger partial charge is 0.324 e. The topological polar surface area (TPSA) is 72.4 Å². The first-order chi connectivity index (χ1) is 16.2. The molecule has 1 aromatic rings. The summed E-state index contributed by atoms with van der Waals surface area (Å²) in [4.78, 5) is 26.6. The van der Waals surface area contributed by atoms with Gasteiger partial charge in [0, 0.05) is 64.0 Å². The highest BCUT2D eigenvalue weighted by molar-refractivity contribution is 5.94. The van der Waals surface area contributed by atoms with Gasteiger partial charge in [-0.2, -0.15) is 0 Å². The maximum Gasteiger partial charge on any atom is 0.324 e. The number of hydrogen-bond donors (Lipinski definition) is 1. The van der Waals surface area contributed by atoms with Crippen LogP contribution < -0.4 is 9.64 Å². The van der Waals surface area contributed by atoms with Crippen molar-refractivity contribution in [3.63, 3.8) is 0 Å². The van der Waals surface area contributed by atoms with Gasteiger partial charge in [0.05, 0.1) is 18.5 Å². The number of carbonyl (C=O) groups is 1. The number of urea groups is 1. The lowest BCUT2D eigenvalue weighted by Crippen LogP contribution is -2.52. The molecule has 2 amide bonds. The highest BCUT2D eigenvalue weighted by atomic mass is 16.5. The van der Waals surface area contributed by atoms with Gasteiger partial charge >= 0.3 is 6.03 Å². The maximum absolute atomic E-state index is 13.2. The Labute approximate surface area is 197 Å². The second-order valence-electron chi connectivity index (χ2n) is 10.1. The van der Waals surface area contributed by atoms with Gasteiger partial charge in [0.15, 0.2) is 0 Å². The van der Waals surface area contributed by atoms with Gasteiger partial charge in [0.25, 0.3) is 0 Å². The second kappa shape index (κ2) is 10.6. The molecule has 4 aliphatic rings. The summed E-state index contributed by atoms with van der Waals surface area (Å²) < 4.78 is 5.97. The zero-order valence-corrected chi connectivity index (χ0v) is 19.8. The van der Waals surface area contributed by atoms with Crippen molar-refractivity contribution in [3.05, 3.63) is 18.3 Å². The van der Waals surface area contributed by atoms with E-state index in [1.54, 1.807) is 6.20 Å². The number of anilines is 1. The van der Waals surface area contributed by atoms with Crippen molar-refractivity contribution in [1.82, 2.24) is 19.7 Å². The summed E-state index contributed by atoms with van der Waals surface area (Å²) in [6, 6.07) is 5.01. The van der Waals surface area contributed by atoms with E-state index >= 15 is 0 Å². The number of amides is 2. The SMILES string of the molecule is O=C1N(c2ccc(OC3CCCC3)nc2)CCN1C1CCC(N2CCN(CCO)CC2)CC1. The van der Waals surface area contributed by atoms with Crippen LogP contribution in [0.4, 0.5) is 10.5 Å². The fraction of sp³-hybridized carbons (Fsp3) is 0.760. The van der Waals surface area contributed by atoms with Crippen LogP contribution in [0.15, 0.2) is 18.3 Å². The Morgan fingerprint density at radius 2 is 1.64 bits per heavy atom. The fourth-order valence-corrected chi connectivity index (χ4v) is 6.14. The molecule has 0 spiro atoms. The predicted octanol–water partition coefficient (Wildman–Crippen LogP) is 2.57. The maximum atomic E-state index is 13.2. The molecule has 2 saturated carbocycles. The number of nitrogens with zero attached hydrogens (tertiary/aromatic N) is 5. The first-order valence-electron chi connectivity index (χ1n) is 13.0. The van der Waals surface area contributed by atoms with Gasteiger partial charge in [-0.05, 0) is 57.4 Å². The number of piperazine rings is 1. The summed E-state index contributed by atoms with van der Waals surface area (Å²) in [5, 5.41) is 9.14. The first kappa shape index (κ1) is 22.9. The molecule has 8 heteroatoms. The van der Waals surface area contributed by atoms with Crippen molar-refractivity contribution < 1.29 is 14.6 Å². The summed E-state index contributed by atoms with van der Waals surface area (Å²) in [6.07, 6.45) is 11.3. The number of hydrogen-bond acceptors (Lipinski definition) is 6. The number of aliphatic hydroxyl groups excluding tert-OH is 1. The Balaban J connectivity index is 1.10. The van der Waals surface area contributed by atoms with Crippen molar-refractivity contribution in [2.24, 2.45) is 0 Å². The van der Waals surface area contributed by atoms with Crippen LogP contribution in [0.2, 0.25) is 0 Å². The molecule has 4 fully saturated rings. The zero-order valence-electron chi connectivity index (χ0n) is 19.8. The molecule has 2 aliphatic heterocycles. The summed E-state index contributed by atoms with van der Waals surface area (Å²) in [5.41, 5.74) is 0.871. The van der Waals surface area contributed by atoms with E-state index in [4.69, 9.17) is 9.84 Å². The highest BCUT2D eigenvalue weighted by Gasteiger charge is 2.37. The average Bonchev–Trinajstić information content (AvgIpc) is 3.50. The van der Waals surface area contributed by atoms with Crippen LogP contribution >= 0.6 is 0 Å². The Morgan fingerprint density at radius 3 is 2.30 bits per heavy atom. The van der Waals surface area contributed by atoms with Crippen LogP contribution in [0, 0.1) is 0 Å². The third kappa shape index (κ3) is 5.28. The minimum Gasteiger partial charge on any atom is -0.474 e. The Bertz CT molecular complexity index is 769. The Morgan fingerprint density at radius 1 is 0.909 bits per heavy atom. The number of aromatic nitrogens is 1. The fourth-order valence-electron chi connectivity index (χ4n) is 6.14. The quantitative estimate of drug-likeness (QED) is 0.679. The van der Waals surface area contributed by atoms with Crippen molar-refractivity contribution in [3.8, 4) is 5.88 Å². The molecule has 0 radical (unpaired) electrons. The molecule has 182 valence electrons. The molecule has 2 aliphatic carbocycles. The Hall–Kier alpha value is -1.90. The lowest BCUT2D eigenvalue weighted by atomic mass is 9.89. The highest BCUT2D eigenvalue weighted by Crippen LogP contribution is 2.31. The van der Waals surface area contributed by atoms with E-state index in [2.05, 4.69) is 19.7 Å². The molecular formula is C25H39N5O3. The molecule has 0 unspecified atom stereocenters. The van der Waals surface area contributed by atoms with Gasteiger partial charge in [-0.15, -0.1) is 0 Å². The lowest BCUT2D eigenvalue weighted by Gasteiger charge is -2.43. The average molecular weight is 458 g/mol. The van der Waals surface area contributed by atoms with Crippen LogP contribution in [-0.2, 0) is 0 Å². The standard InChI is InChI=1S/C25H39N5O3/c31-18-17-27-11-13-28(14-12-27)20-5-7-21(8-6-20)29-15-16-30(25(29)32)22-9-10-24(26-19-22)33-23-3-1-2-4-23/h9-10,19-21,23,31H,1-8,11-18H2. The second-order valence-corrected chi connectivity index (χ2v) is 10.1. The van der Waals surface area contributed by atoms with Crippen LogP contribution in [0.3, 0.4) is 0 Å². The number of β-amino-alcohol motifs (C(OH)–C–C–N with tert-alkyl or cyclic N) is 1. The van der Waals surface area contributed by atoms with Gasteiger partial charge in [-0.3, -0.25) is 14.7 Å².